The number of alkyl halides is 3. The first-order valence-corrected chi connectivity index (χ1v) is 7.63. The molecule has 3 heterocycles. The molecule has 0 unspecified atom stereocenters. The van der Waals surface area contributed by atoms with E-state index >= 15 is 0 Å². The molecule has 3 rings (SSSR count). The third kappa shape index (κ3) is 3.66. The molecule has 0 aliphatic carbocycles. The van der Waals surface area contributed by atoms with Crippen LogP contribution < -0.4 is 4.90 Å². The minimum Gasteiger partial charge on any atom is -0.444 e. The Morgan fingerprint density at radius 2 is 1.83 bits per heavy atom. The zero-order valence-electron chi connectivity index (χ0n) is 13.5. The second-order valence-corrected chi connectivity index (χ2v) is 5.75. The number of anilines is 1. The van der Waals surface area contributed by atoms with E-state index in [2.05, 4.69) is 19.9 Å². The molecule has 24 heavy (non-hydrogen) atoms. The average Bonchev–Trinajstić information content (AvgIpc) is 2.85. The van der Waals surface area contributed by atoms with Gasteiger partial charge in [0, 0.05) is 32.4 Å². The van der Waals surface area contributed by atoms with Crippen LogP contribution in [0.3, 0.4) is 0 Å². The first kappa shape index (κ1) is 16.7. The highest BCUT2D eigenvalue weighted by Gasteiger charge is 2.33. The molecule has 1 fully saturated rings. The van der Waals surface area contributed by atoms with E-state index in [4.69, 9.17) is 4.42 Å². The lowest BCUT2D eigenvalue weighted by Crippen LogP contribution is -2.46. The Morgan fingerprint density at radius 3 is 2.42 bits per heavy atom. The molecule has 0 aromatic carbocycles. The summed E-state index contributed by atoms with van der Waals surface area (Å²) in [6.07, 6.45) is -3.31. The highest BCUT2D eigenvalue weighted by Crippen LogP contribution is 2.28. The molecule has 0 N–H and O–H groups in total. The van der Waals surface area contributed by atoms with Gasteiger partial charge in [-0.2, -0.15) is 13.2 Å². The summed E-state index contributed by atoms with van der Waals surface area (Å²) in [4.78, 5) is 15.9. The Bertz CT molecular complexity index is 688. The summed E-state index contributed by atoms with van der Waals surface area (Å²) in [6.45, 7) is 6.83. The van der Waals surface area contributed by atoms with Gasteiger partial charge in [0.1, 0.15) is 11.5 Å². The van der Waals surface area contributed by atoms with Crippen molar-refractivity contribution in [2.45, 2.75) is 26.6 Å². The molecule has 1 aliphatic rings. The van der Waals surface area contributed by atoms with Gasteiger partial charge >= 0.3 is 6.18 Å². The van der Waals surface area contributed by atoms with Crippen molar-refractivity contribution in [1.82, 2.24) is 19.9 Å². The number of oxazole rings is 1. The summed E-state index contributed by atoms with van der Waals surface area (Å²) in [7, 11) is 0. The first-order valence-electron chi connectivity index (χ1n) is 7.63. The van der Waals surface area contributed by atoms with E-state index in [1.54, 1.807) is 4.90 Å². The fraction of sp³-hybridized carbons (Fsp3) is 0.533. The second-order valence-electron chi connectivity index (χ2n) is 5.75. The van der Waals surface area contributed by atoms with Crippen LogP contribution in [-0.2, 0) is 12.7 Å². The lowest BCUT2D eigenvalue weighted by atomic mass is 10.3. The van der Waals surface area contributed by atoms with Crippen LogP contribution in [0.2, 0.25) is 0 Å². The molecule has 0 bridgehead atoms. The van der Waals surface area contributed by atoms with Crippen LogP contribution in [-0.4, -0.2) is 46.0 Å². The lowest BCUT2D eigenvalue weighted by Gasteiger charge is -2.34. The number of hydrogen-bond donors (Lipinski definition) is 0. The molecule has 0 saturated carbocycles. The average molecular weight is 341 g/mol. The Kier molecular flexibility index (Phi) is 4.44. The summed E-state index contributed by atoms with van der Waals surface area (Å²) in [5.41, 5.74) is -0.0401. The maximum absolute atomic E-state index is 12.7. The third-order valence-electron chi connectivity index (χ3n) is 4.02. The molecule has 0 spiro atoms. The largest absolute Gasteiger partial charge is 0.444 e. The van der Waals surface area contributed by atoms with Crippen LogP contribution >= 0.6 is 0 Å². The molecule has 6 nitrogen and oxygen atoms in total. The van der Waals surface area contributed by atoms with Gasteiger partial charge in [0.05, 0.1) is 12.2 Å². The van der Waals surface area contributed by atoms with Crippen LogP contribution in [0.1, 0.15) is 23.0 Å². The predicted octanol–water partition coefficient (Wildman–Crippen LogP) is 2.42. The molecule has 1 saturated heterocycles. The Labute approximate surface area is 137 Å². The Morgan fingerprint density at radius 1 is 1.12 bits per heavy atom. The van der Waals surface area contributed by atoms with E-state index in [0.717, 1.165) is 23.7 Å². The van der Waals surface area contributed by atoms with Crippen LogP contribution in [0, 0.1) is 13.8 Å². The monoisotopic (exact) mass is 341 g/mol. The van der Waals surface area contributed by atoms with E-state index in [-0.39, 0.29) is 5.95 Å². The topological polar surface area (TPSA) is 58.3 Å². The van der Waals surface area contributed by atoms with Crippen molar-refractivity contribution in [1.29, 1.82) is 0 Å². The van der Waals surface area contributed by atoms with Crippen molar-refractivity contribution < 1.29 is 17.6 Å². The summed E-state index contributed by atoms with van der Waals surface area (Å²) in [5.74, 6) is 1.59. The van der Waals surface area contributed by atoms with Gasteiger partial charge < -0.3 is 9.32 Å². The number of nitrogens with zero attached hydrogens (tertiary/aromatic N) is 5. The van der Waals surface area contributed by atoms with Crippen molar-refractivity contribution in [3.05, 3.63) is 35.3 Å². The Balaban J connectivity index is 1.61. The molecule has 0 amide bonds. The maximum Gasteiger partial charge on any atom is 0.433 e. The minimum absolute atomic E-state index is 0.118. The molecular formula is C15H18F3N5O. The van der Waals surface area contributed by atoms with Crippen LogP contribution in [0.15, 0.2) is 16.7 Å². The lowest BCUT2D eigenvalue weighted by molar-refractivity contribution is -0.141. The van der Waals surface area contributed by atoms with Gasteiger partial charge in [-0.05, 0) is 19.9 Å². The summed E-state index contributed by atoms with van der Waals surface area (Å²) < 4.78 is 43.8. The molecule has 2 aromatic rings. The first-order chi connectivity index (χ1) is 11.3. The molecule has 2 aromatic heterocycles. The van der Waals surface area contributed by atoms with E-state index in [1.807, 2.05) is 13.8 Å². The second kappa shape index (κ2) is 6.39. The van der Waals surface area contributed by atoms with E-state index < -0.39 is 11.9 Å². The highest BCUT2D eigenvalue weighted by molar-refractivity contribution is 5.31. The summed E-state index contributed by atoms with van der Waals surface area (Å²) in [5, 5.41) is 0. The van der Waals surface area contributed by atoms with Crippen molar-refractivity contribution in [2.24, 2.45) is 0 Å². The SMILES string of the molecule is Cc1nc(CN2CCN(c3nccc(C(F)(F)F)n3)CC2)oc1C. The summed E-state index contributed by atoms with van der Waals surface area (Å²) >= 11 is 0. The van der Waals surface area contributed by atoms with Crippen LogP contribution in [0.4, 0.5) is 19.1 Å². The normalized spacial score (nSPS) is 16.6. The quantitative estimate of drug-likeness (QED) is 0.855. The number of rotatable bonds is 3. The predicted molar refractivity (Wildman–Crippen MR) is 80.5 cm³/mol. The fourth-order valence-corrected chi connectivity index (χ4v) is 2.56. The molecule has 130 valence electrons. The van der Waals surface area contributed by atoms with Crippen molar-refractivity contribution in [2.75, 3.05) is 31.1 Å². The molecule has 0 radical (unpaired) electrons. The van der Waals surface area contributed by atoms with Crippen molar-refractivity contribution >= 4 is 5.95 Å². The van der Waals surface area contributed by atoms with Crippen molar-refractivity contribution in [3.8, 4) is 0 Å². The van der Waals surface area contributed by atoms with Gasteiger partial charge in [-0.15, -0.1) is 0 Å². The van der Waals surface area contributed by atoms with Gasteiger partial charge in [-0.1, -0.05) is 0 Å². The zero-order valence-corrected chi connectivity index (χ0v) is 13.5. The number of hydrogen-bond acceptors (Lipinski definition) is 6. The molecule has 1 aliphatic heterocycles. The molecule has 9 heteroatoms. The van der Waals surface area contributed by atoms with Gasteiger partial charge in [0.25, 0.3) is 0 Å². The highest BCUT2D eigenvalue weighted by atomic mass is 19.4. The molecule has 0 atom stereocenters. The maximum atomic E-state index is 12.7. The van der Waals surface area contributed by atoms with E-state index in [9.17, 15) is 13.2 Å². The zero-order chi connectivity index (χ0) is 17.3. The van der Waals surface area contributed by atoms with Gasteiger partial charge in [-0.3, -0.25) is 4.90 Å². The van der Waals surface area contributed by atoms with Crippen molar-refractivity contribution in [3.63, 3.8) is 0 Å². The van der Waals surface area contributed by atoms with E-state index in [1.165, 1.54) is 0 Å². The minimum atomic E-state index is -4.46. The molecular weight excluding hydrogens is 323 g/mol. The van der Waals surface area contributed by atoms with Gasteiger partial charge in [-0.25, -0.2) is 15.0 Å². The smallest absolute Gasteiger partial charge is 0.433 e. The van der Waals surface area contributed by atoms with Crippen LogP contribution in [0.5, 0.6) is 0 Å². The number of piperazine rings is 1. The Hall–Kier alpha value is -2.16. The standard InChI is InChI=1S/C15H18F3N5O/c1-10-11(2)24-13(20-10)9-22-5-7-23(8-6-22)14-19-4-3-12(21-14)15(16,17)18/h3-4H,5-9H2,1-2H3. The van der Waals surface area contributed by atoms with Crippen LogP contribution in [0.25, 0.3) is 0 Å². The number of halogens is 3. The number of aromatic nitrogens is 3. The van der Waals surface area contributed by atoms with Gasteiger partial charge in [0.2, 0.25) is 11.8 Å². The fourth-order valence-electron chi connectivity index (χ4n) is 2.56. The summed E-state index contributed by atoms with van der Waals surface area (Å²) in [6, 6.07) is 0.882. The van der Waals surface area contributed by atoms with E-state index in [0.29, 0.717) is 38.6 Å². The number of aryl methyl sites for hydroxylation is 2. The van der Waals surface area contributed by atoms with Gasteiger partial charge in [0.15, 0.2) is 0 Å². The third-order valence-corrected chi connectivity index (χ3v) is 4.02.